The molecule has 2 aromatic rings. The van der Waals surface area contributed by atoms with Gasteiger partial charge < -0.3 is 9.47 Å². The molecule has 0 bridgehead atoms. The molecule has 0 heterocycles. The van der Waals surface area contributed by atoms with Crippen LogP contribution in [0.25, 0.3) is 0 Å². The van der Waals surface area contributed by atoms with Crippen LogP contribution in [-0.2, 0) is 6.61 Å². The van der Waals surface area contributed by atoms with Crippen molar-refractivity contribution < 1.29 is 9.47 Å². The smallest absolute Gasteiger partial charge is 0.125 e. The molecule has 0 saturated heterocycles. The van der Waals surface area contributed by atoms with E-state index in [2.05, 4.69) is 0 Å². The lowest BCUT2D eigenvalue weighted by Crippen LogP contribution is -1.96. The number of hydrogen-bond donors (Lipinski definition) is 0. The Morgan fingerprint density at radius 2 is 1.76 bits per heavy atom. The number of benzene rings is 2. The minimum absolute atomic E-state index is 0.576. The first-order valence-corrected chi connectivity index (χ1v) is 5.61. The van der Waals surface area contributed by atoms with E-state index in [4.69, 9.17) is 9.47 Å². The maximum Gasteiger partial charge on any atom is 0.125 e. The van der Waals surface area contributed by atoms with E-state index in [-0.39, 0.29) is 0 Å². The van der Waals surface area contributed by atoms with Crippen LogP contribution in [-0.4, -0.2) is 7.11 Å². The van der Waals surface area contributed by atoms with Crippen molar-refractivity contribution in [1.29, 1.82) is 0 Å². The zero-order chi connectivity index (χ0) is 12.1. The predicted molar refractivity (Wildman–Crippen MR) is 68.5 cm³/mol. The monoisotopic (exact) mass is 228 g/mol. The fourth-order valence-electron chi connectivity index (χ4n) is 1.63. The third kappa shape index (κ3) is 3.00. The molecule has 0 aliphatic carbocycles. The predicted octanol–water partition coefficient (Wildman–Crippen LogP) is 3.58. The molecule has 2 heteroatoms. The molecule has 0 saturated carbocycles. The highest BCUT2D eigenvalue weighted by Crippen LogP contribution is 2.24. The number of rotatable bonds is 4. The molecule has 0 radical (unpaired) electrons. The minimum Gasteiger partial charge on any atom is -0.496 e. The van der Waals surface area contributed by atoms with Crippen LogP contribution in [0.2, 0.25) is 0 Å². The molecule has 0 unspecified atom stereocenters. The Labute approximate surface area is 102 Å². The molecule has 17 heavy (non-hydrogen) atoms. The third-order valence-corrected chi connectivity index (χ3v) is 2.63. The summed E-state index contributed by atoms with van der Waals surface area (Å²) in [7, 11) is 1.67. The molecular formula is C15H16O2. The SMILES string of the molecule is COc1cc(OCc2ccccc2)ccc1C. The normalized spacial score (nSPS) is 10.0. The zero-order valence-electron chi connectivity index (χ0n) is 10.1. The van der Waals surface area contributed by atoms with Crippen LogP contribution in [0.4, 0.5) is 0 Å². The van der Waals surface area contributed by atoms with Gasteiger partial charge in [0.05, 0.1) is 7.11 Å². The summed E-state index contributed by atoms with van der Waals surface area (Å²) in [6, 6.07) is 16.0. The van der Waals surface area contributed by atoms with Crippen molar-refractivity contribution in [2.24, 2.45) is 0 Å². The fraction of sp³-hybridized carbons (Fsp3) is 0.200. The Kier molecular flexibility index (Phi) is 3.66. The van der Waals surface area contributed by atoms with Crippen molar-refractivity contribution in [2.75, 3.05) is 7.11 Å². The second-order valence-electron chi connectivity index (χ2n) is 3.91. The molecule has 2 aromatic carbocycles. The van der Waals surface area contributed by atoms with Crippen molar-refractivity contribution in [1.82, 2.24) is 0 Å². The van der Waals surface area contributed by atoms with Crippen LogP contribution >= 0.6 is 0 Å². The molecule has 0 aliphatic rings. The zero-order valence-corrected chi connectivity index (χ0v) is 10.1. The van der Waals surface area contributed by atoms with Gasteiger partial charge in [-0.05, 0) is 24.1 Å². The van der Waals surface area contributed by atoms with E-state index in [1.165, 1.54) is 0 Å². The lowest BCUT2D eigenvalue weighted by atomic mass is 10.2. The van der Waals surface area contributed by atoms with E-state index >= 15 is 0 Å². The van der Waals surface area contributed by atoms with E-state index in [1.807, 2.05) is 55.5 Å². The van der Waals surface area contributed by atoms with E-state index in [0.29, 0.717) is 6.61 Å². The van der Waals surface area contributed by atoms with Crippen molar-refractivity contribution in [2.45, 2.75) is 13.5 Å². The third-order valence-electron chi connectivity index (χ3n) is 2.63. The highest BCUT2D eigenvalue weighted by Gasteiger charge is 2.01. The van der Waals surface area contributed by atoms with Crippen molar-refractivity contribution in [3.8, 4) is 11.5 Å². The van der Waals surface area contributed by atoms with Gasteiger partial charge in [-0.25, -0.2) is 0 Å². The summed E-state index contributed by atoms with van der Waals surface area (Å²) in [6.07, 6.45) is 0. The maximum absolute atomic E-state index is 5.71. The maximum atomic E-state index is 5.71. The largest absolute Gasteiger partial charge is 0.496 e. The molecule has 0 N–H and O–H groups in total. The lowest BCUT2D eigenvalue weighted by Gasteiger charge is -2.09. The van der Waals surface area contributed by atoms with Crippen molar-refractivity contribution in [3.63, 3.8) is 0 Å². The van der Waals surface area contributed by atoms with Crippen LogP contribution in [0.5, 0.6) is 11.5 Å². The number of hydrogen-bond acceptors (Lipinski definition) is 2. The van der Waals surface area contributed by atoms with Gasteiger partial charge >= 0.3 is 0 Å². The van der Waals surface area contributed by atoms with Gasteiger partial charge in [0.1, 0.15) is 18.1 Å². The molecule has 0 spiro atoms. The molecule has 2 rings (SSSR count). The standard InChI is InChI=1S/C15H16O2/c1-12-8-9-14(10-15(12)16-2)17-11-13-6-4-3-5-7-13/h3-10H,11H2,1-2H3. The van der Waals surface area contributed by atoms with Gasteiger partial charge in [-0.1, -0.05) is 36.4 Å². The summed E-state index contributed by atoms with van der Waals surface area (Å²) in [5, 5.41) is 0. The summed E-state index contributed by atoms with van der Waals surface area (Å²) in [5.41, 5.74) is 2.27. The second kappa shape index (κ2) is 5.39. The van der Waals surface area contributed by atoms with Gasteiger partial charge in [0, 0.05) is 6.07 Å². The van der Waals surface area contributed by atoms with E-state index < -0.39 is 0 Å². The molecule has 0 amide bonds. The second-order valence-corrected chi connectivity index (χ2v) is 3.91. The van der Waals surface area contributed by atoms with Crippen molar-refractivity contribution >= 4 is 0 Å². The van der Waals surface area contributed by atoms with Crippen LogP contribution in [0.3, 0.4) is 0 Å². The van der Waals surface area contributed by atoms with Gasteiger partial charge in [0.25, 0.3) is 0 Å². The quantitative estimate of drug-likeness (QED) is 0.796. The topological polar surface area (TPSA) is 18.5 Å². The summed E-state index contributed by atoms with van der Waals surface area (Å²) in [5.74, 6) is 1.69. The first kappa shape index (κ1) is 11.5. The highest BCUT2D eigenvalue weighted by molar-refractivity contribution is 5.39. The molecular weight excluding hydrogens is 212 g/mol. The first-order chi connectivity index (χ1) is 8.29. The Hall–Kier alpha value is -1.96. The molecule has 88 valence electrons. The highest BCUT2D eigenvalue weighted by atomic mass is 16.5. The van der Waals surface area contributed by atoms with Gasteiger partial charge in [0.2, 0.25) is 0 Å². The minimum atomic E-state index is 0.576. The average molecular weight is 228 g/mol. The molecule has 0 atom stereocenters. The van der Waals surface area contributed by atoms with Gasteiger partial charge in [-0.2, -0.15) is 0 Å². The Morgan fingerprint density at radius 1 is 1.00 bits per heavy atom. The number of ether oxygens (including phenoxy) is 2. The van der Waals surface area contributed by atoms with Crippen LogP contribution in [0.1, 0.15) is 11.1 Å². The fourth-order valence-corrected chi connectivity index (χ4v) is 1.63. The van der Waals surface area contributed by atoms with Crippen LogP contribution in [0.15, 0.2) is 48.5 Å². The Bertz CT molecular complexity index is 478. The van der Waals surface area contributed by atoms with Gasteiger partial charge in [-0.3, -0.25) is 0 Å². The summed E-state index contributed by atoms with van der Waals surface area (Å²) >= 11 is 0. The number of aryl methyl sites for hydroxylation is 1. The van der Waals surface area contributed by atoms with E-state index in [9.17, 15) is 0 Å². The van der Waals surface area contributed by atoms with E-state index in [1.54, 1.807) is 7.11 Å². The van der Waals surface area contributed by atoms with Crippen molar-refractivity contribution in [3.05, 3.63) is 59.7 Å². The molecule has 0 fully saturated rings. The van der Waals surface area contributed by atoms with Crippen LogP contribution < -0.4 is 9.47 Å². The molecule has 0 aromatic heterocycles. The molecule has 0 aliphatic heterocycles. The summed E-state index contributed by atoms with van der Waals surface area (Å²) in [6.45, 7) is 2.59. The summed E-state index contributed by atoms with van der Waals surface area (Å²) in [4.78, 5) is 0. The average Bonchev–Trinajstić information content (AvgIpc) is 2.39. The summed E-state index contributed by atoms with van der Waals surface area (Å²) < 4.78 is 11.0. The van der Waals surface area contributed by atoms with Gasteiger partial charge in [0.15, 0.2) is 0 Å². The van der Waals surface area contributed by atoms with Crippen LogP contribution in [0, 0.1) is 6.92 Å². The first-order valence-electron chi connectivity index (χ1n) is 5.61. The lowest BCUT2D eigenvalue weighted by molar-refractivity contribution is 0.303. The molecule has 2 nitrogen and oxygen atoms in total. The van der Waals surface area contributed by atoms with Gasteiger partial charge in [-0.15, -0.1) is 0 Å². The Balaban J connectivity index is 2.04. The Morgan fingerprint density at radius 3 is 2.47 bits per heavy atom. The number of methoxy groups -OCH3 is 1. The van der Waals surface area contributed by atoms with E-state index in [0.717, 1.165) is 22.6 Å².